The van der Waals surface area contributed by atoms with E-state index in [2.05, 4.69) is 54.5 Å². The van der Waals surface area contributed by atoms with E-state index in [1.807, 2.05) is 0 Å². The molecule has 0 N–H and O–H groups in total. The van der Waals surface area contributed by atoms with Gasteiger partial charge in [0.1, 0.15) is 0 Å². The van der Waals surface area contributed by atoms with Crippen LogP contribution in [0.1, 0.15) is 80.6 Å². The van der Waals surface area contributed by atoms with Crippen molar-refractivity contribution in [2.75, 3.05) is 0 Å². The molecule has 0 aromatic carbocycles. The highest BCUT2D eigenvalue weighted by Crippen LogP contribution is 2.60. The number of nitrogens with zero attached hydrogens (tertiary/aromatic N) is 1. The van der Waals surface area contributed by atoms with Crippen molar-refractivity contribution in [3.63, 3.8) is 0 Å². The van der Waals surface area contributed by atoms with Crippen molar-refractivity contribution in [2.45, 2.75) is 105 Å². The average molecular weight is 364 g/mol. The van der Waals surface area contributed by atoms with Crippen LogP contribution in [0.4, 0.5) is 0 Å². The summed E-state index contributed by atoms with van der Waals surface area (Å²) in [6.45, 7) is 16.2. The second kappa shape index (κ2) is 7.73. The van der Waals surface area contributed by atoms with Gasteiger partial charge in [-0.05, 0) is 80.8 Å². The quantitative estimate of drug-likeness (QED) is 0.467. The lowest BCUT2D eigenvalue weighted by atomic mass is 9.58. The van der Waals surface area contributed by atoms with Gasteiger partial charge in [-0.2, -0.15) is 5.26 Å². The topological polar surface area (TPSA) is 33.0 Å². The van der Waals surface area contributed by atoms with Crippen molar-refractivity contribution in [1.29, 1.82) is 5.26 Å². The fourth-order valence-electron chi connectivity index (χ4n) is 6.05. The SMILES string of the molecule is CC[Si](CC)(CC)O[C@H]1CCC[C@]2(C)[C@@H]([C@@H](C)C(C)(C)C#N)CC[C@@H]12. The summed E-state index contributed by atoms with van der Waals surface area (Å²) in [4.78, 5) is 0. The molecule has 2 saturated carbocycles. The highest BCUT2D eigenvalue weighted by molar-refractivity contribution is 6.73. The van der Waals surface area contributed by atoms with Gasteiger partial charge in [-0.3, -0.25) is 0 Å². The highest BCUT2D eigenvalue weighted by atomic mass is 28.4. The van der Waals surface area contributed by atoms with Crippen LogP contribution in [-0.4, -0.2) is 14.4 Å². The Bertz CT molecular complexity index is 484. The minimum atomic E-state index is -1.54. The van der Waals surface area contributed by atoms with Gasteiger partial charge in [-0.1, -0.05) is 41.0 Å². The lowest BCUT2D eigenvalue weighted by molar-refractivity contribution is -0.0290. The number of nitriles is 1. The normalized spacial score (nSPS) is 34.4. The summed E-state index contributed by atoms with van der Waals surface area (Å²) in [5.74, 6) is 1.83. The Labute approximate surface area is 157 Å². The zero-order chi connectivity index (χ0) is 18.9. The monoisotopic (exact) mass is 363 g/mol. The largest absolute Gasteiger partial charge is 0.414 e. The van der Waals surface area contributed by atoms with Crippen LogP contribution in [0.25, 0.3) is 0 Å². The van der Waals surface area contributed by atoms with Gasteiger partial charge in [-0.25, -0.2) is 0 Å². The molecule has 0 amide bonds. The molecule has 0 saturated heterocycles. The predicted octanol–water partition coefficient (Wildman–Crippen LogP) is 6.78. The van der Waals surface area contributed by atoms with Crippen molar-refractivity contribution in [3.05, 3.63) is 0 Å². The Morgan fingerprint density at radius 3 is 2.28 bits per heavy atom. The van der Waals surface area contributed by atoms with Gasteiger partial charge in [0.25, 0.3) is 0 Å². The molecule has 0 aromatic heterocycles. The van der Waals surface area contributed by atoms with E-state index in [1.165, 1.54) is 50.2 Å². The third kappa shape index (κ3) is 3.72. The van der Waals surface area contributed by atoms with Crippen LogP contribution in [0, 0.1) is 39.9 Å². The van der Waals surface area contributed by atoms with Gasteiger partial charge in [0.05, 0.1) is 11.5 Å². The predicted molar refractivity (Wildman–Crippen MR) is 109 cm³/mol. The van der Waals surface area contributed by atoms with E-state index in [4.69, 9.17) is 4.43 Å². The zero-order valence-electron chi connectivity index (χ0n) is 17.8. The molecule has 2 rings (SSSR count). The van der Waals surface area contributed by atoms with Gasteiger partial charge >= 0.3 is 0 Å². The summed E-state index contributed by atoms with van der Waals surface area (Å²) in [6.07, 6.45) is 6.96. The standard InChI is InChI=1S/C22H41NOSi/c1-8-25(9-2,10-3)24-20-12-11-15-22(7)18(13-14-19(20)22)17(4)21(5,6)16-23/h17-20H,8-15H2,1-7H3/t17-,18-,19+,20+,22-/m1/s1. The molecule has 25 heavy (non-hydrogen) atoms. The summed E-state index contributed by atoms with van der Waals surface area (Å²) in [5.41, 5.74) is 0.136. The molecule has 0 radical (unpaired) electrons. The van der Waals surface area contributed by atoms with Gasteiger partial charge in [0.2, 0.25) is 0 Å². The number of rotatable bonds is 7. The Kier molecular flexibility index (Phi) is 6.48. The van der Waals surface area contributed by atoms with Crippen molar-refractivity contribution in [1.82, 2.24) is 0 Å². The summed E-state index contributed by atoms with van der Waals surface area (Å²) in [6, 6.07) is 6.34. The van der Waals surface area contributed by atoms with E-state index in [9.17, 15) is 5.26 Å². The van der Waals surface area contributed by atoms with Crippen LogP contribution >= 0.6 is 0 Å². The maximum Gasteiger partial charge on any atom is 0.192 e. The Balaban J connectivity index is 2.22. The van der Waals surface area contributed by atoms with Crippen LogP contribution in [0.3, 0.4) is 0 Å². The lowest BCUT2D eigenvalue weighted by Crippen LogP contribution is -2.49. The molecular formula is C22H41NOSi. The van der Waals surface area contributed by atoms with E-state index in [0.29, 0.717) is 29.3 Å². The molecule has 0 heterocycles. The van der Waals surface area contributed by atoms with Crippen LogP contribution in [0.15, 0.2) is 0 Å². The van der Waals surface area contributed by atoms with Crippen LogP contribution in [0.5, 0.6) is 0 Å². The Morgan fingerprint density at radius 2 is 1.76 bits per heavy atom. The van der Waals surface area contributed by atoms with E-state index < -0.39 is 8.32 Å². The maximum absolute atomic E-state index is 9.64. The van der Waals surface area contributed by atoms with E-state index in [1.54, 1.807) is 0 Å². The first kappa shape index (κ1) is 21.0. The first-order valence-electron chi connectivity index (χ1n) is 10.8. The first-order chi connectivity index (χ1) is 11.7. The number of hydrogen-bond acceptors (Lipinski definition) is 2. The van der Waals surface area contributed by atoms with Crippen LogP contribution in [0.2, 0.25) is 18.1 Å². The van der Waals surface area contributed by atoms with Crippen molar-refractivity contribution >= 4 is 8.32 Å². The molecule has 0 aromatic rings. The third-order valence-electron chi connectivity index (χ3n) is 8.50. The highest BCUT2D eigenvalue weighted by Gasteiger charge is 2.55. The fourth-order valence-corrected chi connectivity index (χ4v) is 8.97. The average Bonchev–Trinajstić information content (AvgIpc) is 2.96. The second-order valence-electron chi connectivity index (χ2n) is 9.71. The van der Waals surface area contributed by atoms with E-state index in [0.717, 1.165) is 0 Å². The second-order valence-corrected chi connectivity index (χ2v) is 14.4. The molecule has 2 nitrogen and oxygen atoms in total. The molecule has 2 aliphatic rings. The third-order valence-corrected chi connectivity index (χ3v) is 13.2. The van der Waals surface area contributed by atoms with Gasteiger partial charge in [0.15, 0.2) is 8.32 Å². The van der Waals surface area contributed by atoms with Crippen molar-refractivity contribution < 1.29 is 4.43 Å². The summed E-state index contributed by atoms with van der Waals surface area (Å²) in [7, 11) is -1.54. The minimum absolute atomic E-state index is 0.231. The van der Waals surface area contributed by atoms with Crippen LogP contribution < -0.4 is 0 Å². The van der Waals surface area contributed by atoms with Crippen molar-refractivity contribution in [3.8, 4) is 6.07 Å². The lowest BCUT2D eigenvalue weighted by Gasteiger charge is -2.50. The fraction of sp³-hybridized carbons (Fsp3) is 0.955. The summed E-state index contributed by atoms with van der Waals surface area (Å²) >= 11 is 0. The number of fused-ring (bicyclic) bond motifs is 1. The molecule has 5 atom stereocenters. The molecule has 144 valence electrons. The molecular weight excluding hydrogens is 322 g/mol. The van der Waals surface area contributed by atoms with E-state index in [-0.39, 0.29) is 5.41 Å². The Morgan fingerprint density at radius 1 is 1.16 bits per heavy atom. The summed E-state index contributed by atoms with van der Waals surface area (Å²) in [5, 5.41) is 9.64. The van der Waals surface area contributed by atoms with Gasteiger partial charge < -0.3 is 4.43 Å². The molecule has 3 heteroatoms. The summed E-state index contributed by atoms with van der Waals surface area (Å²) < 4.78 is 7.02. The van der Waals surface area contributed by atoms with E-state index >= 15 is 0 Å². The van der Waals surface area contributed by atoms with Crippen LogP contribution in [-0.2, 0) is 4.43 Å². The molecule has 2 fully saturated rings. The molecule has 0 spiro atoms. The minimum Gasteiger partial charge on any atom is -0.414 e. The zero-order valence-corrected chi connectivity index (χ0v) is 18.8. The molecule has 2 aliphatic carbocycles. The van der Waals surface area contributed by atoms with Crippen molar-refractivity contribution in [2.24, 2.45) is 28.6 Å². The number of hydrogen-bond donors (Lipinski definition) is 0. The smallest absolute Gasteiger partial charge is 0.192 e. The van der Waals surface area contributed by atoms with Gasteiger partial charge in [-0.15, -0.1) is 0 Å². The molecule has 0 aliphatic heterocycles. The first-order valence-corrected chi connectivity index (χ1v) is 13.3. The molecule has 0 unspecified atom stereocenters. The Hall–Kier alpha value is -0.333. The van der Waals surface area contributed by atoms with Gasteiger partial charge in [0, 0.05) is 6.10 Å². The molecule has 0 bridgehead atoms. The maximum atomic E-state index is 9.64.